The first kappa shape index (κ1) is 30.3. The lowest BCUT2D eigenvalue weighted by molar-refractivity contribution is -0.157. The minimum absolute atomic E-state index is 0.122. The van der Waals surface area contributed by atoms with Gasteiger partial charge in [-0.05, 0) is 67.6 Å². The molecule has 0 saturated heterocycles. The normalized spacial score (nSPS) is 17.1. The minimum Gasteiger partial charge on any atom is -0.469 e. The van der Waals surface area contributed by atoms with Crippen molar-refractivity contribution < 1.29 is 22.7 Å². The molecule has 8 nitrogen and oxygen atoms in total. The zero-order valence-corrected chi connectivity index (χ0v) is 24.7. The largest absolute Gasteiger partial charge is 0.469 e. The Morgan fingerprint density at radius 1 is 0.956 bits per heavy atom. The maximum Gasteiger partial charge on any atom is 0.401 e. The Balaban J connectivity index is 1.34. The predicted octanol–water partition coefficient (Wildman–Crippen LogP) is 6.83. The molecule has 1 aliphatic rings. The number of carbonyl (C=O) groups is 1. The topological polar surface area (TPSA) is 99.2 Å². The van der Waals surface area contributed by atoms with Crippen molar-refractivity contribution in [3.8, 4) is 28.3 Å². The molecule has 0 spiro atoms. The van der Waals surface area contributed by atoms with Gasteiger partial charge >= 0.3 is 12.1 Å². The summed E-state index contributed by atoms with van der Waals surface area (Å²) in [6.45, 7) is -0.901. The number of nitrogens with two attached hydrogens (primary N) is 1. The molecule has 1 aliphatic carbocycles. The van der Waals surface area contributed by atoms with Gasteiger partial charge in [-0.1, -0.05) is 42.5 Å². The SMILES string of the molecule is COC(=O)[C@H]1CC[C@H](N(Cc2ccc(-n3c(-c4cccnc4N)nc4ccc(-c5ccccc5)nc43)cc2)CC(F)(F)F)CC1. The number of alkyl halides is 3. The maximum absolute atomic E-state index is 13.7. The van der Waals surface area contributed by atoms with E-state index < -0.39 is 12.7 Å². The number of aromatic nitrogens is 4. The van der Waals surface area contributed by atoms with Gasteiger partial charge in [0.15, 0.2) is 11.5 Å². The smallest absolute Gasteiger partial charge is 0.401 e. The minimum atomic E-state index is -4.35. The van der Waals surface area contributed by atoms with Crippen LogP contribution in [0.15, 0.2) is 85.1 Å². The first-order chi connectivity index (χ1) is 21.7. The Hall–Kier alpha value is -4.77. The molecule has 2 aromatic carbocycles. The van der Waals surface area contributed by atoms with E-state index in [9.17, 15) is 18.0 Å². The van der Waals surface area contributed by atoms with Crippen LogP contribution in [0.5, 0.6) is 0 Å². The van der Waals surface area contributed by atoms with Gasteiger partial charge in [0, 0.05) is 30.0 Å². The number of hydrogen-bond donors (Lipinski definition) is 1. The first-order valence-corrected chi connectivity index (χ1v) is 14.8. The van der Waals surface area contributed by atoms with Crippen molar-refractivity contribution in [1.82, 2.24) is 24.4 Å². The summed E-state index contributed by atoms with van der Waals surface area (Å²) in [6, 6.07) is 24.4. The van der Waals surface area contributed by atoms with Crippen LogP contribution in [0.25, 0.3) is 39.5 Å². The monoisotopic (exact) mass is 614 g/mol. The molecule has 45 heavy (non-hydrogen) atoms. The summed E-state index contributed by atoms with van der Waals surface area (Å²) in [5, 5.41) is 0. The fraction of sp³-hybridized carbons (Fsp3) is 0.294. The van der Waals surface area contributed by atoms with Crippen molar-refractivity contribution in [2.45, 2.75) is 44.4 Å². The fourth-order valence-electron chi connectivity index (χ4n) is 6.13. The molecular formula is C34H33F3N6O2. The number of imidazole rings is 1. The molecule has 0 unspecified atom stereocenters. The summed E-state index contributed by atoms with van der Waals surface area (Å²) in [5.74, 6) is 0.319. The third kappa shape index (κ3) is 6.68. The Morgan fingerprint density at radius 2 is 1.69 bits per heavy atom. The molecule has 0 atom stereocenters. The molecule has 6 rings (SSSR count). The standard InChI is InChI=1S/C34H33F3N6O2/c1-45-33(44)24-11-15-25(16-12-24)42(21-34(35,36)37)20-22-9-13-26(14-10-22)43-31(27-8-5-19-39-30(27)38)41-29-18-17-28(40-32(29)43)23-6-3-2-4-7-23/h2-10,13-14,17-19,24-25H,11-12,15-16,20-21H2,1H3,(H2,38,39)/t24-,25-. The van der Waals surface area contributed by atoms with Crippen LogP contribution >= 0.6 is 0 Å². The molecule has 0 aliphatic heterocycles. The van der Waals surface area contributed by atoms with Gasteiger partial charge < -0.3 is 10.5 Å². The highest BCUT2D eigenvalue weighted by Crippen LogP contribution is 2.34. The molecule has 1 fully saturated rings. The van der Waals surface area contributed by atoms with Gasteiger partial charge in [0.25, 0.3) is 0 Å². The quantitative estimate of drug-likeness (QED) is 0.191. The molecule has 3 aromatic heterocycles. The van der Waals surface area contributed by atoms with E-state index in [0.29, 0.717) is 54.1 Å². The molecular weight excluding hydrogens is 581 g/mol. The molecule has 232 valence electrons. The Morgan fingerprint density at radius 3 is 2.36 bits per heavy atom. The van der Waals surface area contributed by atoms with Gasteiger partial charge in [0.1, 0.15) is 11.3 Å². The number of fused-ring (bicyclic) bond motifs is 1. The number of anilines is 1. The molecule has 0 bridgehead atoms. The van der Waals surface area contributed by atoms with Gasteiger partial charge in [-0.15, -0.1) is 0 Å². The van der Waals surface area contributed by atoms with Gasteiger partial charge in [0.05, 0.1) is 30.8 Å². The Bertz CT molecular complexity index is 1780. The van der Waals surface area contributed by atoms with Crippen LogP contribution in [-0.4, -0.2) is 56.3 Å². The van der Waals surface area contributed by atoms with Crippen molar-refractivity contribution in [2.24, 2.45) is 5.92 Å². The summed E-state index contributed by atoms with van der Waals surface area (Å²) < 4.78 is 47.8. The van der Waals surface area contributed by atoms with E-state index in [1.54, 1.807) is 12.3 Å². The molecule has 3 heterocycles. The van der Waals surface area contributed by atoms with Gasteiger partial charge in [-0.25, -0.2) is 15.0 Å². The molecule has 2 N–H and O–H groups in total. The summed E-state index contributed by atoms with van der Waals surface area (Å²) in [5.41, 5.74) is 11.4. The van der Waals surface area contributed by atoms with Crippen LogP contribution in [0, 0.1) is 5.92 Å². The van der Waals surface area contributed by atoms with Gasteiger partial charge in [0.2, 0.25) is 0 Å². The van der Waals surface area contributed by atoms with Gasteiger partial charge in [-0.3, -0.25) is 14.3 Å². The van der Waals surface area contributed by atoms with Crippen molar-refractivity contribution in [2.75, 3.05) is 19.4 Å². The third-order valence-corrected chi connectivity index (χ3v) is 8.36. The zero-order chi connectivity index (χ0) is 31.6. The van der Waals surface area contributed by atoms with E-state index >= 15 is 0 Å². The number of benzene rings is 2. The number of nitrogen functional groups attached to an aromatic ring is 1. The Kier molecular flexibility index (Phi) is 8.53. The van der Waals surface area contributed by atoms with Crippen LogP contribution in [0.3, 0.4) is 0 Å². The lowest BCUT2D eigenvalue weighted by Crippen LogP contribution is -2.43. The number of methoxy groups -OCH3 is 1. The van der Waals surface area contributed by atoms with Crippen molar-refractivity contribution in [3.05, 3.63) is 90.6 Å². The first-order valence-electron chi connectivity index (χ1n) is 14.8. The van der Waals surface area contributed by atoms with Crippen molar-refractivity contribution in [3.63, 3.8) is 0 Å². The number of pyridine rings is 2. The predicted molar refractivity (Wildman–Crippen MR) is 166 cm³/mol. The molecule has 1 saturated carbocycles. The van der Waals surface area contributed by atoms with Crippen LogP contribution in [0.4, 0.5) is 19.0 Å². The van der Waals surface area contributed by atoms with E-state index in [-0.39, 0.29) is 24.5 Å². The molecule has 0 radical (unpaired) electrons. The van der Waals surface area contributed by atoms with Crippen LogP contribution < -0.4 is 5.73 Å². The summed E-state index contributed by atoms with van der Waals surface area (Å²) >= 11 is 0. The lowest BCUT2D eigenvalue weighted by Gasteiger charge is -2.36. The van der Waals surface area contributed by atoms with Crippen LogP contribution in [-0.2, 0) is 16.1 Å². The number of ether oxygens (including phenoxy) is 1. The van der Waals surface area contributed by atoms with Crippen molar-refractivity contribution >= 4 is 23.0 Å². The highest BCUT2D eigenvalue weighted by Gasteiger charge is 2.36. The van der Waals surface area contributed by atoms with Crippen molar-refractivity contribution in [1.29, 1.82) is 0 Å². The number of carbonyl (C=O) groups excluding carboxylic acids is 1. The fourth-order valence-corrected chi connectivity index (χ4v) is 6.13. The van der Waals surface area contributed by atoms with E-state index in [1.807, 2.05) is 77.4 Å². The van der Waals surface area contributed by atoms with E-state index in [4.69, 9.17) is 20.4 Å². The van der Waals surface area contributed by atoms with Gasteiger partial charge in [-0.2, -0.15) is 13.2 Å². The van der Waals surface area contributed by atoms with E-state index in [1.165, 1.54) is 12.0 Å². The maximum atomic E-state index is 13.7. The van der Waals surface area contributed by atoms with Crippen LogP contribution in [0.2, 0.25) is 0 Å². The summed E-state index contributed by atoms with van der Waals surface area (Å²) in [7, 11) is 1.34. The van der Waals surface area contributed by atoms with Crippen LogP contribution in [0.1, 0.15) is 31.2 Å². The number of nitrogens with zero attached hydrogens (tertiary/aromatic N) is 5. The summed E-state index contributed by atoms with van der Waals surface area (Å²) in [4.78, 5) is 27.5. The number of hydrogen-bond acceptors (Lipinski definition) is 7. The zero-order valence-electron chi connectivity index (χ0n) is 24.7. The summed E-state index contributed by atoms with van der Waals surface area (Å²) in [6.07, 6.45) is -0.718. The van der Waals surface area contributed by atoms with E-state index in [2.05, 4.69) is 4.98 Å². The molecule has 11 heteroatoms. The number of rotatable bonds is 8. The Labute approximate surface area is 258 Å². The lowest BCUT2D eigenvalue weighted by atomic mass is 9.85. The average molecular weight is 615 g/mol. The molecule has 5 aromatic rings. The highest BCUT2D eigenvalue weighted by atomic mass is 19.4. The molecule has 0 amide bonds. The second kappa shape index (κ2) is 12.7. The number of halogens is 3. The number of esters is 1. The highest BCUT2D eigenvalue weighted by molar-refractivity contribution is 5.84. The second-order valence-electron chi connectivity index (χ2n) is 11.3. The third-order valence-electron chi connectivity index (χ3n) is 8.36. The van der Waals surface area contributed by atoms with E-state index in [0.717, 1.165) is 22.5 Å². The average Bonchev–Trinajstić information content (AvgIpc) is 3.43. The second-order valence-corrected chi connectivity index (χ2v) is 11.3.